The number of rotatable bonds is 4. The van der Waals surface area contributed by atoms with Crippen LogP contribution in [0, 0.1) is 0 Å². The molecule has 1 aromatic carbocycles. The van der Waals surface area contributed by atoms with Crippen LogP contribution in [0.25, 0.3) is 0 Å². The summed E-state index contributed by atoms with van der Waals surface area (Å²) in [6.07, 6.45) is 1.70. The molecular formula is C16H25N3O2. The fourth-order valence-corrected chi connectivity index (χ4v) is 2.78. The first-order valence-electron chi connectivity index (χ1n) is 7.47. The Morgan fingerprint density at radius 1 is 1.57 bits per heavy atom. The highest BCUT2D eigenvalue weighted by molar-refractivity contribution is 5.94. The van der Waals surface area contributed by atoms with Gasteiger partial charge in [-0.05, 0) is 50.9 Å². The highest BCUT2D eigenvalue weighted by Gasteiger charge is 2.32. The molecule has 0 aliphatic carbocycles. The van der Waals surface area contributed by atoms with E-state index < -0.39 is 5.60 Å². The van der Waals surface area contributed by atoms with Crippen molar-refractivity contribution in [2.75, 3.05) is 18.4 Å². The van der Waals surface area contributed by atoms with Crippen LogP contribution in [-0.4, -0.2) is 40.6 Å². The van der Waals surface area contributed by atoms with Crippen LogP contribution in [0.5, 0.6) is 0 Å². The second-order valence-electron chi connectivity index (χ2n) is 6.14. The number of carbonyl (C=O) groups excluding carboxylic acids is 1. The second kappa shape index (κ2) is 6.56. The number of nitrogens with one attached hydrogen (secondary N) is 1. The molecule has 0 radical (unpaired) electrons. The largest absolute Gasteiger partial charge is 0.389 e. The highest BCUT2D eigenvalue weighted by Crippen LogP contribution is 2.22. The Kier molecular flexibility index (Phi) is 4.98. The second-order valence-corrected chi connectivity index (χ2v) is 6.14. The smallest absolute Gasteiger partial charge is 0.241 e. The molecule has 1 heterocycles. The van der Waals surface area contributed by atoms with Crippen molar-refractivity contribution in [3.8, 4) is 0 Å². The standard InChI is InChI=1S/C16H25N3O2/c1-12(19-8-4-7-16(2,21)11-19)15(20)18-14-6-3-5-13(9-14)10-17/h3,5-6,9,12,21H,4,7-8,10-11,17H2,1-2H3,(H,18,20). The van der Waals surface area contributed by atoms with Gasteiger partial charge < -0.3 is 16.2 Å². The molecule has 0 bridgehead atoms. The minimum Gasteiger partial charge on any atom is -0.389 e. The third-order valence-electron chi connectivity index (χ3n) is 4.06. The number of aliphatic hydroxyl groups is 1. The van der Waals surface area contributed by atoms with Crippen LogP contribution in [-0.2, 0) is 11.3 Å². The minimum absolute atomic E-state index is 0.0538. The fraction of sp³-hybridized carbons (Fsp3) is 0.562. The lowest BCUT2D eigenvalue weighted by Crippen LogP contribution is -2.52. The number of nitrogens with zero attached hydrogens (tertiary/aromatic N) is 1. The van der Waals surface area contributed by atoms with E-state index in [1.54, 1.807) is 0 Å². The van der Waals surface area contributed by atoms with Crippen molar-refractivity contribution in [1.82, 2.24) is 4.90 Å². The van der Waals surface area contributed by atoms with Gasteiger partial charge in [0.2, 0.25) is 5.91 Å². The summed E-state index contributed by atoms with van der Waals surface area (Å²) in [6.45, 7) is 5.53. The van der Waals surface area contributed by atoms with Crippen molar-refractivity contribution < 1.29 is 9.90 Å². The molecule has 1 aliphatic rings. The molecule has 21 heavy (non-hydrogen) atoms. The van der Waals surface area contributed by atoms with E-state index in [1.807, 2.05) is 43.0 Å². The summed E-state index contributed by atoms with van der Waals surface area (Å²) in [5.41, 5.74) is 6.66. The van der Waals surface area contributed by atoms with Crippen LogP contribution in [0.15, 0.2) is 24.3 Å². The molecule has 1 amide bonds. The molecule has 5 nitrogen and oxygen atoms in total. The first kappa shape index (κ1) is 15.9. The van der Waals surface area contributed by atoms with Gasteiger partial charge in [-0.3, -0.25) is 9.69 Å². The van der Waals surface area contributed by atoms with Gasteiger partial charge in [-0.1, -0.05) is 12.1 Å². The Hall–Kier alpha value is -1.43. The van der Waals surface area contributed by atoms with E-state index >= 15 is 0 Å². The molecule has 2 rings (SSSR count). The molecule has 1 aromatic rings. The van der Waals surface area contributed by atoms with Crippen molar-refractivity contribution in [1.29, 1.82) is 0 Å². The molecule has 2 atom stereocenters. The summed E-state index contributed by atoms with van der Waals surface area (Å²) >= 11 is 0. The molecule has 1 saturated heterocycles. The first-order valence-corrected chi connectivity index (χ1v) is 7.47. The average molecular weight is 291 g/mol. The van der Waals surface area contributed by atoms with Gasteiger partial charge in [0.1, 0.15) is 0 Å². The molecule has 0 aromatic heterocycles. The monoisotopic (exact) mass is 291 g/mol. The molecule has 0 spiro atoms. The average Bonchev–Trinajstić information content (AvgIpc) is 2.45. The summed E-state index contributed by atoms with van der Waals surface area (Å²) in [6, 6.07) is 7.29. The summed E-state index contributed by atoms with van der Waals surface area (Å²) in [7, 11) is 0. The molecule has 2 unspecified atom stereocenters. The number of carbonyl (C=O) groups is 1. The van der Waals surface area contributed by atoms with E-state index in [9.17, 15) is 9.90 Å². The van der Waals surface area contributed by atoms with Crippen molar-refractivity contribution >= 4 is 11.6 Å². The lowest BCUT2D eigenvalue weighted by atomic mass is 9.94. The number of β-amino-alcohol motifs (C(OH)–C–C–N with tert-alkyl or cyclic N) is 1. The number of anilines is 1. The zero-order chi connectivity index (χ0) is 15.5. The van der Waals surface area contributed by atoms with Gasteiger partial charge in [0.15, 0.2) is 0 Å². The maximum Gasteiger partial charge on any atom is 0.241 e. The topological polar surface area (TPSA) is 78.6 Å². The molecular weight excluding hydrogens is 266 g/mol. The van der Waals surface area contributed by atoms with E-state index in [1.165, 1.54) is 0 Å². The van der Waals surface area contributed by atoms with Crippen molar-refractivity contribution in [3.63, 3.8) is 0 Å². The molecule has 0 saturated carbocycles. The Bertz CT molecular complexity index is 502. The van der Waals surface area contributed by atoms with Crippen LogP contribution in [0.4, 0.5) is 5.69 Å². The van der Waals surface area contributed by atoms with E-state index in [2.05, 4.69) is 5.32 Å². The van der Waals surface area contributed by atoms with E-state index in [0.29, 0.717) is 13.1 Å². The lowest BCUT2D eigenvalue weighted by Gasteiger charge is -2.39. The van der Waals surface area contributed by atoms with Gasteiger partial charge in [-0.15, -0.1) is 0 Å². The molecule has 1 fully saturated rings. The van der Waals surface area contributed by atoms with Gasteiger partial charge >= 0.3 is 0 Å². The first-order chi connectivity index (χ1) is 9.91. The van der Waals surface area contributed by atoms with E-state index in [4.69, 9.17) is 5.73 Å². The fourth-order valence-electron chi connectivity index (χ4n) is 2.78. The van der Waals surface area contributed by atoms with Gasteiger partial charge in [0.25, 0.3) is 0 Å². The number of nitrogens with two attached hydrogens (primary N) is 1. The zero-order valence-electron chi connectivity index (χ0n) is 12.8. The van der Waals surface area contributed by atoms with Crippen molar-refractivity contribution in [2.45, 2.75) is 44.9 Å². The number of hydrogen-bond acceptors (Lipinski definition) is 4. The zero-order valence-corrected chi connectivity index (χ0v) is 12.8. The predicted octanol–water partition coefficient (Wildman–Crippen LogP) is 1.32. The normalized spacial score (nSPS) is 24.6. The van der Waals surface area contributed by atoms with E-state index in [0.717, 1.165) is 30.6 Å². The Balaban J connectivity index is 1.98. The third kappa shape index (κ3) is 4.27. The molecule has 4 N–H and O–H groups in total. The Labute approximate surface area is 126 Å². The van der Waals surface area contributed by atoms with Crippen molar-refractivity contribution in [3.05, 3.63) is 29.8 Å². The summed E-state index contributed by atoms with van der Waals surface area (Å²) in [5, 5.41) is 13.1. The number of benzene rings is 1. The Morgan fingerprint density at radius 2 is 2.33 bits per heavy atom. The number of piperidine rings is 1. The molecule has 116 valence electrons. The molecule has 5 heteroatoms. The summed E-state index contributed by atoms with van der Waals surface area (Å²) in [5.74, 6) is -0.0538. The predicted molar refractivity (Wildman–Crippen MR) is 83.9 cm³/mol. The SMILES string of the molecule is CC(C(=O)Nc1cccc(CN)c1)N1CCCC(C)(O)C1. The summed E-state index contributed by atoms with van der Waals surface area (Å²) < 4.78 is 0. The van der Waals surface area contributed by atoms with Crippen LogP contribution in [0.1, 0.15) is 32.3 Å². The third-order valence-corrected chi connectivity index (χ3v) is 4.06. The molecule has 1 aliphatic heterocycles. The van der Waals surface area contributed by atoms with Crippen LogP contribution in [0.3, 0.4) is 0 Å². The van der Waals surface area contributed by atoms with Gasteiger partial charge in [-0.25, -0.2) is 0 Å². The minimum atomic E-state index is -0.702. The number of likely N-dealkylation sites (tertiary alicyclic amines) is 1. The van der Waals surface area contributed by atoms with Crippen LogP contribution in [0.2, 0.25) is 0 Å². The quantitative estimate of drug-likeness (QED) is 0.782. The van der Waals surface area contributed by atoms with Gasteiger partial charge in [0.05, 0.1) is 11.6 Å². The summed E-state index contributed by atoms with van der Waals surface area (Å²) in [4.78, 5) is 14.4. The maximum absolute atomic E-state index is 12.4. The van der Waals surface area contributed by atoms with Gasteiger partial charge in [-0.2, -0.15) is 0 Å². The van der Waals surface area contributed by atoms with E-state index in [-0.39, 0.29) is 11.9 Å². The highest BCUT2D eigenvalue weighted by atomic mass is 16.3. The Morgan fingerprint density at radius 3 is 3.00 bits per heavy atom. The van der Waals surface area contributed by atoms with Gasteiger partial charge in [0, 0.05) is 18.8 Å². The number of amides is 1. The van der Waals surface area contributed by atoms with Crippen LogP contribution >= 0.6 is 0 Å². The van der Waals surface area contributed by atoms with Crippen molar-refractivity contribution in [2.24, 2.45) is 5.73 Å². The van der Waals surface area contributed by atoms with Crippen LogP contribution < -0.4 is 11.1 Å². The number of hydrogen-bond donors (Lipinski definition) is 3. The maximum atomic E-state index is 12.4. The lowest BCUT2D eigenvalue weighted by molar-refractivity contribution is -0.123.